The van der Waals surface area contributed by atoms with Crippen molar-refractivity contribution < 1.29 is 14.0 Å². The summed E-state index contributed by atoms with van der Waals surface area (Å²) in [4.78, 5) is 24.9. The van der Waals surface area contributed by atoms with Gasteiger partial charge in [0, 0.05) is 27.4 Å². The van der Waals surface area contributed by atoms with Gasteiger partial charge in [0.05, 0.1) is 5.75 Å². The molecule has 31 heavy (non-hydrogen) atoms. The first-order chi connectivity index (χ1) is 15.1. The molecule has 154 valence electrons. The predicted molar refractivity (Wildman–Crippen MR) is 120 cm³/mol. The number of anilines is 1. The van der Waals surface area contributed by atoms with E-state index in [-0.39, 0.29) is 22.7 Å². The van der Waals surface area contributed by atoms with Gasteiger partial charge >= 0.3 is 0 Å². The zero-order valence-electron chi connectivity index (χ0n) is 16.1. The van der Waals surface area contributed by atoms with E-state index in [2.05, 4.69) is 15.5 Å². The van der Waals surface area contributed by atoms with Crippen molar-refractivity contribution in [3.05, 3.63) is 95.0 Å². The number of carbonyl (C=O) groups is 2. The molecule has 6 nitrogen and oxygen atoms in total. The third-order valence-corrected chi connectivity index (χ3v) is 5.34. The van der Waals surface area contributed by atoms with Crippen molar-refractivity contribution in [3.63, 3.8) is 0 Å². The van der Waals surface area contributed by atoms with Crippen LogP contribution >= 0.6 is 23.4 Å². The van der Waals surface area contributed by atoms with E-state index in [9.17, 15) is 9.59 Å². The molecule has 0 unspecified atom stereocenters. The van der Waals surface area contributed by atoms with Crippen molar-refractivity contribution >= 4 is 40.7 Å². The molecule has 3 aromatic carbocycles. The maximum Gasteiger partial charge on any atom is 0.277 e. The molecule has 1 aromatic heterocycles. The number of rotatable bonds is 7. The molecular weight excluding hydrogens is 434 g/mol. The van der Waals surface area contributed by atoms with E-state index in [1.54, 1.807) is 60.7 Å². The number of aromatic nitrogens is 2. The number of amides is 1. The number of hydrogen-bond donors (Lipinski definition) is 1. The van der Waals surface area contributed by atoms with Crippen LogP contribution in [0, 0.1) is 0 Å². The normalized spacial score (nSPS) is 10.6. The number of nitrogens with zero attached hydrogens (tertiary/aromatic N) is 2. The molecule has 0 atom stereocenters. The Hall–Kier alpha value is -3.42. The van der Waals surface area contributed by atoms with Crippen molar-refractivity contribution in [2.75, 3.05) is 11.1 Å². The van der Waals surface area contributed by atoms with Gasteiger partial charge in [-0.1, -0.05) is 65.8 Å². The fourth-order valence-corrected chi connectivity index (χ4v) is 3.49. The zero-order chi connectivity index (χ0) is 21.6. The molecule has 0 bridgehead atoms. The average molecular weight is 450 g/mol. The van der Waals surface area contributed by atoms with Crippen LogP contribution in [0.4, 0.5) is 5.69 Å². The lowest BCUT2D eigenvalue weighted by atomic mass is 10.0. The average Bonchev–Trinajstić information content (AvgIpc) is 3.27. The van der Waals surface area contributed by atoms with E-state index in [0.717, 1.165) is 17.3 Å². The molecule has 4 rings (SSSR count). The number of thioether (sulfide) groups is 1. The summed E-state index contributed by atoms with van der Waals surface area (Å²) in [5.41, 5.74) is 2.38. The van der Waals surface area contributed by atoms with E-state index >= 15 is 0 Å². The third kappa shape index (κ3) is 5.39. The summed E-state index contributed by atoms with van der Waals surface area (Å²) in [6.07, 6.45) is 0. The summed E-state index contributed by atoms with van der Waals surface area (Å²) in [7, 11) is 0. The molecule has 1 heterocycles. The molecule has 0 aliphatic carbocycles. The summed E-state index contributed by atoms with van der Waals surface area (Å²) >= 11 is 7.01. The molecule has 8 heteroatoms. The van der Waals surface area contributed by atoms with Gasteiger partial charge in [-0.05, 0) is 36.4 Å². The van der Waals surface area contributed by atoms with E-state index in [1.807, 2.05) is 18.2 Å². The van der Waals surface area contributed by atoms with Crippen LogP contribution in [0.25, 0.3) is 11.5 Å². The highest BCUT2D eigenvalue weighted by atomic mass is 35.5. The zero-order valence-corrected chi connectivity index (χ0v) is 17.7. The predicted octanol–water partition coefficient (Wildman–Crippen LogP) is 5.35. The van der Waals surface area contributed by atoms with Gasteiger partial charge in [-0.2, -0.15) is 0 Å². The summed E-state index contributed by atoms with van der Waals surface area (Å²) < 4.78 is 5.58. The fourth-order valence-electron chi connectivity index (χ4n) is 2.80. The summed E-state index contributed by atoms with van der Waals surface area (Å²) in [5, 5.41) is 11.6. The molecule has 1 amide bonds. The van der Waals surface area contributed by atoms with Gasteiger partial charge in [-0.15, -0.1) is 10.2 Å². The Labute approximate surface area is 187 Å². The third-order valence-electron chi connectivity index (χ3n) is 4.27. The Bertz CT molecular complexity index is 1210. The maximum atomic E-state index is 12.6. The molecule has 4 aromatic rings. The number of carbonyl (C=O) groups excluding carboxylic acids is 2. The van der Waals surface area contributed by atoms with Crippen LogP contribution in [0.2, 0.25) is 5.02 Å². The smallest absolute Gasteiger partial charge is 0.277 e. The lowest BCUT2D eigenvalue weighted by Crippen LogP contribution is -2.14. The van der Waals surface area contributed by atoms with Gasteiger partial charge in [0.1, 0.15) is 0 Å². The quantitative estimate of drug-likeness (QED) is 0.302. The summed E-state index contributed by atoms with van der Waals surface area (Å²) in [5.74, 6) is 0.0814. The highest BCUT2D eigenvalue weighted by molar-refractivity contribution is 7.99. The summed E-state index contributed by atoms with van der Waals surface area (Å²) in [6.45, 7) is 0. The monoisotopic (exact) mass is 449 g/mol. The van der Waals surface area contributed by atoms with Crippen molar-refractivity contribution in [3.8, 4) is 11.5 Å². The van der Waals surface area contributed by atoms with E-state index < -0.39 is 0 Å². The number of nitrogens with one attached hydrogen (secondary N) is 1. The fraction of sp³-hybridized carbons (Fsp3) is 0.0435. The standard InChI is InChI=1S/C23H16ClN3O3S/c24-18-11-9-16(10-12-18)22-26-27-23(30-22)31-14-20(28)25-19-8-4-7-17(13-19)21(29)15-5-2-1-3-6-15/h1-13H,14H2,(H,25,28). The number of benzene rings is 3. The van der Waals surface area contributed by atoms with Gasteiger partial charge in [0.15, 0.2) is 5.78 Å². The van der Waals surface area contributed by atoms with Crippen LogP contribution < -0.4 is 5.32 Å². The Balaban J connectivity index is 1.35. The van der Waals surface area contributed by atoms with E-state index in [0.29, 0.717) is 27.7 Å². The highest BCUT2D eigenvalue weighted by Crippen LogP contribution is 2.24. The van der Waals surface area contributed by atoms with Crippen LogP contribution in [0.3, 0.4) is 0 Å². The minimum Gasteiger partial charge on any atom is -0.411 e. The van der Waals surface area contributed by atoms with Crippen LogP contribution in [-0.2, 0) is 4.79 Å². The molecule has 0 aliphatic rings. The Morgan fingerprint density at radius 2 is 1.65 bits per heavy atom. The molecule has 0 radical (unpaired) electrons. The Morgan fingerprint density at radius 1 is 0.903 bits per heavy atom. The number of halogens is 1. The topological polar surface area (TPSA) is 85.1 Å². The lowest BCUT2D eigenvalue weighted by molar-refractivity contribution is -0.113. The Kier molecular flexibility index (Phi) is 6.45. The van der Waals surface area contributed by atoms with Gasteiger partial charge in [0.2, 0.25) is 11.8 Å². The van der Waals surface area contributed by atoms with Crippen molar-refractivity contribution in [1.29, 1.82) is 0 Å². The first-order valence-corrected chi connectivity index (χ1v) is 10.7. The summed E-state index contributed by atoms with van der Waals surface area (Å²) in [6, 6.07) is 22.9. The highest BCUT2D eigenvalue weighted by Gasteiger charge is 2.13. The molecule has 0 fully saturated rings. The minimum atomic E-state index is -0.249. The van der Waals surface area contributed by atoms with Crippen molar-refractivity contribution in [2.45, 2.75) is 5.22 Å². The number of ketones is 1. The molecular formula is C23H16ClN3O3S. The lowest BCUT2D eigenvalue weighted by Gasteiger charge is -2.06. The second-order valence-electron chi connectivity index (χ2n) is 6.49. The van der Waals surface area contributed by atoms with E-state index in [1.165, 1.54) is 0 Å². The minimum absolute atomic E-state index is 0.0825. The number of hydrogen-bond acceptors (Lipinski definition) is 6. The molecule has 0 saturated carbocycles. The second-order valence-corrected chi connectivity index (χ2v) is 7.86. The molecule has 0 spiro atoms. The van der Waals surface area contributed by atoms with Crippen LogP contribution in [0.1, 0.15) is 15.9 Å². The van der Waals surface area contributed by atoms with Crippen molar-refractivity contribution in [1.82, 2.24) is 10.2 Å². The van der Waals surface area contributed by atoms with Gasteiger partial charge in [0.25, 0.3) is 5.22 Å². The molecule has 1 N–H and O–H groups in total. The van der Waals surface area contributed by atoms with Crippen LogP contribution in [-0.4, -0.2) is 27.6 Å². The van der Waals surface area contributed by atoms with Crippen molar-refractivity contribution in [2.24, 2.45) is 0 Å². The largest absolute Gasteiger partial charge is 0.411 e. The first kappa shape index (κ1) is 20.8. The van der Waals surface area contributed by atoms with Crippen LogP contribution in [0.5, 0.6) is 0 Å². The van der Waals surface area contributed by atoms with Gasteiger partial charge in [-0.3, -0.25) is 9.59 Å². The van der Waals surface area contributed by atoms with Gasteiger partial charge in [-0.25, -0.2) is 0 Å². The van der Waals surface area contributed by atoms with E-state index in [4.69, 9.17) is 16.0 Å². The molecule has 0 aliphatic heterocycles. The molecule has 0 saturated heterocycles. The SMILES string of the molecule is O=C(CSc1nnc(-c2ccc(Cl)cc2)o1)Nc1cccc(C(=O)c2ccccc2)c1. The second kappa shape index (κ2) is 9.59. The van der Waals surface area contributed by atoms with Crippen LogP contribution in [0.15, 0.2) is 88.5 Å². The van der Waals surface area contributed by atoms with Gasteiger partial charge < -0.3 is 9.73 Å². The first-order valence-electron chi connectivity index (χ1n) is 9.30. The maximum absolute atomic E-state index is 12.6. The Morgan fingerprint density at radius 3 is 2.42 bits per heavy atom.